The number of carbonyl (C=O) groups is 1. The lowest BCUT2D eigenvalue weighted by molar-refractivity contribution is 0.0784. The summed E-state index contributed by atoms with van der Waals surface area (Å²) in [5.74, 6) is 0.687. The van der Waals surface area contributed by atoms with Gasteiger partial charge in [0.15, 0.2) is 0 Å². The molecule has 0 saturated carbocycles. The summed E-state index contributed by atoms with van der Waals surface area (Å²) >= 11 is 0. The number of amides is 1. The lowest BCUT2D eigenvalue weighted by atomic mass is 9.92. The van der Waals surface area contributed by atoms with Crippen LogP contribution in [0.25, 0.3) is 0 Å². The zero-order valence-corrected chi connectivity index (χ0v) is 15.2. The van der Waals surface area contributed by atoms with Crippen molar-refractivity contribution in [1.29, 1.82) is 0 Å². The van der Waals surface area contributed by atoms with Gasteiger partial charge >= 0.3 is 0 Å². The number of nitrogens with zero attached hydrogens (tertiary/aromatic N) is 3. The van der Waals surface area contributed by atoms with Crippen molar-refractivity contribution in [3.05, 3.63) is 65.5 Å². The maximum atomic E-state index is 12.7. The van der Waals surface area contributed by atoms with E-state index in [4.69, 9.17) is 0 Å². The summed E-state index contributed by atoms with van der Waals surface area (Å²) in [6, 6.07) is 12.1. The van der Waals surface area contributed by atoms with Gasteiger partial charge in [0.05, 0.1) is 5.56 Å². The number of aromatic nitrogens is 1. The number of hydrogen-bond acceptors (Lipinski definition) is 3. The molecule has 1 aromatic carbocycles. The third kappa shape index (κ3) is 4.89. The van der Waals surface area contributed by atoms with E-state index in [1.54, 1.807) is 11.1 Å². The lowest BCUT2D eigenvalue weighted by Crippen LogP contribution is -2.33. The van der Waals surface area contributed by atoms with Crippen molar-refractivity contribution in [2.45, 2.75) is 25.8 Å². The van der Waals surface area contributed by atoms with E-state index in [1.807, 2.05) is 49.6 Å². The molecule has 25 heavy (non-hydrogen) atoms. The minimum Gasteiger partial charge on any atom is -0.337 e. The molecule has 0 bridgehead atoms. The minimum absolute atomic E-state index is 0.0268. The number of piperidine rings is 1. The van der Waals surface area contributed by atoms with Gasteiger partial charge in [-0.25, -0.2) is 0 Å². The summed E-state index contributed by atoms with van der Waals surface area (Å²) in [6.45, 7) is 2.93. The topological polar surface area (TPSA) is 36.4 Å². The monoisotopic (exact) mass is 337 g/mol. The molecule has 0 unspecified atom stereocenters. The molecule has 1 fully saturated rings. The quantitative estimate of drug-likeness (QED) is 0.840. The number of rotatable bonds is 5. The highest BCUT2D eigenvalue weighted by atomic mass is 16.2. The normalized spacial score (nSPS) is 18.1. The number of hydrogen-bond donors (Lipinski definition) is 0. The predicted molar refractivity (Wildman–Crippen MR) is 100 cm³/mol. The molecule has 1 amide bonds. The van der Waals surface area contributed by atoms with Crippen LogP contribution in [0.2, 0.25) is 0 Å². The van der Waals surface area contributed by atoms with Gasteiger partial charge < -0.3 is 9.80 Å². The minimum atomic E-state index is 0.0268. The lowest BCUT2D eigenvalue weighted by Gasteiger charge is -2.29. The van der Waals surface area contributed by atoms with E-state index in [0.717, 1.165) is 18.5 Å². The van der Waals surface area contributed by atoms with E-state index >= 15 is 0 Å². The third-order valence-corrected chi connectivity index (χ3v) is 4.90. The molecule has 1 aliphatic heterocycles. The number of carbonyl (C=O) groups excluding carboxylic acids is 1. The Balaban J connectivity index is 1.64. The van der Waals surface area contributed by atoms with Gasteiger partial charge in [-0.3, -0.25) is 9.78 Å². The van der Waals surface area contributed by atoms with E-state index in [1.165, 1.54) is 24.9 Å². The Labute approximate surface area is 150 Å². The van der Waals surface area contributed by atoms with Crippen LogP contribution in [0.15, 0.2) is 48.8 Å². The molecule has 1 aromatic heterocycles. The first-order chi connectivity index (χ1) is 12.1. The molecule has 132 valence electrons. The Morgan fingerprint density at radius 2 is 2.04 bits per heavy atom. The first kappa shape index (κ1) is 17.6. The molecule has 0 radical (unpaired) electrons. The molecule has 1 atom stereocenters. The van der Waals surface area contributed by atoms with Crippen LogP contribution in [0, 0.1) is 5.92 Å². The highest BCUT2D eigenvalue weighted by Gasteiger charge is 2.19. The molecular formula is C21H27N3O. The summed E-state index contributed by atoms with van der Waals surface area (Å²) in [5.41, 5.74) is 2.98. The van der Waals surface area contributed by atoms with E-state index in [2.05, 4.69) is 16.9 Å². The van der Waals surface area contributed by atoms with Crippen molar-refractivity contribution >= 4 is 5.91 Å². The number of likely N-dealkylation sites (tertiary alicyclic amines) is 1. The van der Waals surface area contributed by atoms with Crippen molar-refractivity contribution in [2.75, 3.05) is 27.2 Å². The van der Waals surface area contributed by atoms with Gasteiger partial charge in [-0.15, -0.1) is 0 Å². The summed E-state index contributed by atoms with van der Waals surface area (Å²) in [6.07, 6.45) is 7.10. The second-order valence-corrected chi connectivity index (χ2v) is 7.20. The molecule has 0 spiro atoms. The summed E-state index contributed by atoms with van der Waals surface area (Å²) < 4.78 is 0. The molecule has 1 aliphatic rings. The van der Waals surface area contributed by atoms with Gasteiger partial charge in [-0.05, 0) is 56.0 Å². The molecule has 2 heterocycles. The van der Waals surface area contributed by atoms with Crippen molar-refractivity contribution in [3.8, 4) is 0 Å². The Morgan fingerprint density at radius 3 is 2.80 bits per heavy atom. The zero-order valence-electron chi connectivity index (χ0n) is 15.2. The van der Waals surface area contributed by atoms with Crippen molar-refractivity contribution < 1.29 is 4.79 Å². The fraction of sp³-hybridized carbons (Fsp3) is 0.429. The van der Waals surface area contributed by atoms with Crippen LogP contribution in [0.3, 0.4) is 0 Å². The van der Waals surface area contributed by atoms with Gasteiger partial charge in [0.25, 0.3) is 5.91 Å². The van der Waals surface area contributed by atoms with Crippen LogP contribution >= 0.6 is 0 Å². The van der Waals surface area contributed by atoms with Crippen molar-refractivity contribution in [3.63, 3.8) is 0 Å². The fourth-order valence-corrected chi connectivity index (χ4v) is 3.64. The summed E-state index contributed by atoms with van der Waals surface area (Å²) in [5, 5.41) is 0. The van der Waals surface area contributed by atoms with Crippen LogP contribution in [0.4, 0.5) is 0 Å². The van der Waals surface area contributed by atoms with Crippen LogP contribution < -0.4 is 0 Å². The predicted octanol–water partition coefficient (Wildman–Crippen LogP) is 3.24. The van der Waals surface area contributed by atoms with Crippen LogP contribution in [-0.4, -0.2) is 47.9 Å². The van der Waals surface area contributed by atoms with Crippen LogP contribution in [-0.2, 0) is 13.0 Å². The largest absolute Gasteiger partial charge is 0.337 e. The Morgan fingerprint density at radius 1 is 1.24 bits per heavy atom. The third-order valence-electron chi connectivity index (χ3n) is 4.90. The van der Waals surface area contributed by atoms with E-state index in [0.29, 0.717) is 18.0 Å². The fourth-order valence-electron chi connectivity index (χ4n) is 3.64. The maximum absolute atomic E-state index is 12.7. The molecule has 1 saturated heterocycles. The summed E-state index contributed by atoms with van der Waals surface area (Å²) in [7, 11) is 4.03. The summed E-state index contributed by atoms with van der Waals surface area (Å²) in [4.78, 5) is 21.2. The zero-order chi connectivity index (χ0) is 17.6. The van der Waals surface area contributed by atoms with E-state index in [-0.39, 0.29) is 5.91 Å². The van der Waals surface area contributed by atoms with Gasteiger partial charge in [-0.1, -0.05) is 30.3 Å². The van der Waals surface area contributed by atoms with E-state index < -0.39 is 0 Å². The Kier molecular flexibility index (Phi) is 5.82. The van der Waals surface area contributed by atoms with E-state index in [9.17, 15) is 4.79 Å². The van der Waals surface area contributed by atoms with Crippen LogP contribution in [0.1, 0.15) is 34.3 Å². The second kappa shape index (κ2) is 8.26. The highest BCUT2D eigenvalue weighted by Crippen LogP contribution is 2.20. The number of pyridine rings is 1. The smallest absolute Gasteiger partial charge is 0.255 e. The van der Waals surface area contributed by atoms with Gasteiger partial charge in [-0.2, -0.15) is 0 Å². The molecule has 0 N–H and O–H groups in total. The Bertz CT molecular complexity index is 701. The van der Waals surface area contributed by atoms with Gasteiger partial charge in [0.1, 0.15) is 0 Å². The number of benzene rings is 1. The highest BCUT2D eigenvalue weighted by molar-refractivity contribution is 5.93. The standard InChI is InChI=1S/C21H27N3O/c1-23-10-6-9-18(15-23)11-19-12-20(14-22-13-19)21(25)24(2)16-17-7-4-3-5-8-17/h3-5,7-8,12-14,18H,6,9-11,15-16H2,1-2H3/t18-/m0/s1. The maximum Gasteiger partial charge on any atom is 0.255 e. The van der Waals surface area contributed by atoms with Gasteiger partial charge in [0.2, 0.25) is 0 Å². The first-order valence-corrected chi connectivity index (χ1v) is 9.03. The average molecular weight is 337 g/mol. The Hall–Kier alpha value is -2.20. The molecule has 0 aliphatic carbocycles. The van der Waals surface area contributed by atoms with Crippen LogP contribution in [0.5, 0.6) is 0 Å². The molecule has 4 heteroatoms. The van der Waals surface area contributed by atoms with Crippen molar-refractivity contribution in [1.82, 2.24) is 14.8 Å². The molecular weight excluding hydrogens is 310 g/mol. The molecule has 4 nitrogen and oxygen atoms in total. The SMILES string of the molecule is CN1CCC[C@@H](Cc2cncc(C(=O)N(C)Cc3ccccc3)c2)C1. The van der Waals surface area contributed by atoms with Gasteiger partial charge in [0, 0.05) is 32.5 Å². The second-order valence-electron chi connectivity index (χ2n) is 7.20. The molecule has 2 aromatic rings. The molecule has 3 rings (SSSR count). The average Bonchev–Trinajstić information content (AvgIpc) is 2.62. The first-order valence-electron chi connectivity index (χ1n) is 9.03. The van der Waals surface area contributed by atoms with Crippen molar-refractivity contribution in [2.24, 2.45) is 5.92 Å².